The summed E-state index contributed by atoms with van der Waals surface area (Å²) in [6.45, 7) is -0.148. The van der Waals surface area contributed by atoms with E-state index in [0.29, 0.717) is 0 Å². The highest BCUT2D eigenvalue weighted by Crippen LogP contribution is 1.84. The molecule has 0 saturated heterocycles. The zero-order valence-corrected chi connectivity index (χ0v) is 6.58. The Bertz CT molecular complexity index is 144. The fourth-order valence-electron chi connectivity index (χ4n) is 0.233. The number of nitriles is 1. The summed E-state index contributed by atoms with van der Waals surface area (Å²) < 4.78 is 0. The van der Waals surface area contributed by atoms with Crippen LogP contribution in [-0.2, 0) is 4.79 Å². The Labute approximate surface area is 69.7 Å². The van der Waals surface area contributed by atoms with Crippen LogP contribution in [0.15, 0.2) is 0 Å². The molecule has 1 unspecified atom stereocenters. The van der Waals surface area contributed by atoms with Gasteiger partial charge in [0.2, 0.25) is 5.91 Å². The summed E-state index contributed by atoms with van der Waals surface area (Å²) in [5.41, 5.74) is 3.92. The second-order valence-corrected chi connectivity index (χ2v) is 1.70. The molecule has 0 aromatic heterocycles. The van der Waals surface area contributed by atoms with Crippen LogP contribution in [0.3, 0.4) is 0 Å². The van der Waals surface area contributed by atoms with Gasteiger partial charge in [-0.25, -0.2) is 0 Å². The fraction of sp³-hybridized carbons (Fsp3) is 0.500. The second-order valence-electron chi connectivity index (χ2n) is 1.26. The zero-order valence-electron chi connectivity index (χ0n) is 5.00. The fourth-order valence-corrected chi connectivity index (χ4v) is 0.354. The highest BCUT2D eigenvalue weighted by Gasteiger charge is 2.03. The van der Waals surface area contributed by atoms with Gasteiger partial charge in [-0.1, -0.05) is 11.6 Å². The Balaban J connectivity index is 0. The average Bonchev–Trinajstić information content (AvgIpc) is 1.87. The smallest absolute Gasteiger partial charge is 0.235 e. The van der Waals surface area contributed by atoms with Crippen molar-refractivity contribution in [2.24, 2.45) is 5.73 Å². The number of amides is 1. The highest BCUT2D eigenvalue weighted by atomic mass is 35.5. The summed E-state index contributed by atoms with van der Waals surface area (Å²) in [5, 5.41) is 10.2. The molecule has 6 heteroatoms. The summed E-state index contributed by atoms with van der Waals surface area (Å²) in [6.07, 6.45) is 0. The van der Waals surface area contributed by atoms with Gasteiger partial charge in [0, 0.05) is 0 Å². The molecule has 0 rings (SSSR count). The number of halogens is 2. The van der Waals surface area contributed by atoms with Gasteiger partial charge in [0.25, 0.3) is 0 Å². The third-order valence-electron chi connectivity index (χ3n) is 0.586. The SMILES string of the molecule is Cl.N#CC(Cl)NC(=O)CN. The molecule has 0 bridgehead atoms. The second kappa shape index (κ2) is 6.62. The third kappa shape index (κ3) is 5.63. The summed E-state index contributed by atoms with van der Waals surface area (Å²) in [5.74, 6) is -0.434. The third-order valence-corrected chi connectivity index (χ3v) is 0.793. The number of alkyl halides is 1. The maximum Gasteiger partial charge on any atom is 0.235 e. The topological polar surface area (TPSA) is 78.9 Å². The molecule has 0 aliphatic rings. The maximum atomic E-state index is 10.3. The monoisotopic (exact) mass is 183 g/mol. The summed E-state index contributed by atoms with van der Waals surface area (Å²) in [6, 6.07) is 1.61. The van der Waals surface area contributed by atoms with Gasteiger partial charge in [-0.2, -0.15) is 5.26 Å². The summed E-state index contributed by atoms with van der Waals surface area (Å²) in [4.78, 5) is 10.3. The lowest BCUT2D eigenvalue weighted by Gasteiger charge is -1.99. The molecule has 1 atom stereocenters. The maximum absolute atomic E-state index is 10.3. The van der Waals surface area contributed by atoms with Crippen LogP contribution in [0.1, 0.15) is 0 Å². The number of carbonyl (C=O) groups is 1. The number of nitrogens with one attached hydrogen (secondary N) is 1. The number of nitrogens with two attached hydrogens (primary N) is 1. The average molecular weight is 184 g/mol. The van der Waals surface area contributed by atoms with Crippen LogP contribution < -0.4 is 11.1 Å². The molecule has 1 amide bonds. The van der Waals surface area contributed by atoms with Gasteiger partial charge in [0.15, 0.2) is 5.50 Å². The van der Waals surface area contributed by atoms with Gasteiger partial charge in [0.05, 0.1) is 6.54 Å². The number of hydrogen-bond donors (Lipinski definition) is 2. The van der Waals surface area contributed by atoms with Gasteiger partial charge in [-0.15, -0.1) is 12.4 Å². The predicted octanol–water partition coefficient (Wildman–Crippen LogP) is -0.428. The van der Waals surface area contributed by atoms with Crippen molar-refractivity contribution in [2.75, 3.05) is 6.54 Å². The van der Waals surface area contributed by atoms with E-state index in [1.165, 1.54) is 0 Å². The molecule has 0 radical (unpaired) electrons. The molecule has 0 aliphatic carbocycles. The molecule has 4 nitrogen and oxygen atoms in total. The molecule has 0 saturated carbocycles. The first-order valence-electron chi connectivity index (χ1n) is 2.24. The van der Waals surface area contributed by atoms with Crippen molar-refractivity contribution < 1.29 is 4.79 Å². The number of carbonyl (C=O) groups excluding carboxylic acids is 1. The lowest BCUT2D eigenvalue weighted by molar-refractivity contribution is -0.119. The van der Waals surface area contributed by atoms with Crippen molar-refractivity contribution in [3.05, 3.63) is 0 Å². The Hall–Kier alpha value is -0.500. The van der Waals surface area contributed by atoms with Gasteiger partial charge in [-0.3, -0.25) is 4.79 Å². The van der Waals surface area contributed by atoms with Crippen LogP contribution in [0, 0.1) is 11.3 Å². The Kier molecular flexibility index (Phi) is 8.07. The van der Waals surface area contributed by atoms with Crippen molar-refractivity contribution in [2.45, 2.75) is 5.50 Å². The molecule has 3 N–H and O–H groups in total. The first kappa shape index (κ1) is 12.2. The van der Waals surface area contributed by atoms with Crippen LogP contribution in [0.5, 0.6) is 0 Å². The van der Waals surface area contributed by atoms with E-state index in [0.717, 1.165) is 0 Å². The number of nitrogens with zero attached hydrogens (tertiary/aromatic N) is 1. The minimum Gasteiger partial charge on any atom is -0.327 e. The minimum atomic E-state index is -0.971. The Morgan fingerprint density at radius 3 is 2.70 bits per heavy atom. The standard InChI is InChI=1S/C4H6ClN3O.ClH/c5-3(1-6)8-4(9)2-7;/h3H,2,7H2,(H,8,9);1H. The molecule has 0 heterocycles. The van der Waals surface area contributed by atoms with E-state index in [1.807, 2.05) is 0 Å². The number of hydrogen-bond acceptors (Lipinski definition) is 3. The van der Waals surface area contributed by atoms with Crippen molar-refractivity contribution in [3.63, 3.8) is 0 Å². The molecule has 0 aromatic carbocycles. The predicted molar refractivity (Wildman–Crippen MR) is 39.7 cm³/mol. The zero-order chi connectivity index (χ0) is 7.28. The van der Waals surface area contributed by atoms with E-state index in [2.05, 4.69) is 5.32 Å². The molecule has 0 aromatic rings. The van der Waals surface area contributed by atoms with Crippen LogP contribution >= 0.6 is 24.0 Å². The normalized spacial score (nSPS) is 10.5. The van der Waals surface area contributed by atoms with Crippen LogP contribution in [0.25, 0.3) is 0 Å². The van der Waals surface area contributed by atoms with E-state index in [-0.39, 0.29) is 19.0 Å². The van der Waals surface area contributed by atoms with Gasteiger partial charge in [0.1, 0.15) is 6.07 Å². The molecule has 0 spiro atoms. The highest BCUT2D eigenvalue weighted by molar-refractivity contribution is 6.22. The molecular weight excluding hydrogens is 177 g/mol. The molecule has 0 fully saturated rings. The molecule has 0 aliphatic heterocycles. The summed E-state index contributed by atoms with van der Waals surface area (Å²) >= 11 is 5.19. The van der Waals surface area contributed by atoms with E-state index >= 15 is 0 Å². The first-order valence-corrected chi connectivity index (χ1v) is 2.67. The molecular formula is C4H7Cl2N3O. The van der Waals surface area contributed by atoms with Crippen LogP contribution in [0.2, 0.25) is 0 Å². The van der Waals surface area contributed by atoms with Crippen LogP contribution in [-0.4, -0.2) is 18.0 Å². The Morgan fingerprint density at radius 2 is 2.40 bits per heavy atom. The van der Waals surface area contributed by atoms with Crippen molar-refractivity contribution in [3.8, 4) is 6.07 Å². The van der Waals surface area contributed by atoms with Gasteiger partial charge < -0.3 is 11.1 Å². The van der Waals surface area contributed by atoms with E-state index < -0.39 is 11.4 Å². The largest absolute Gasteiger partial charge is 0.327 e. The lowest BCUT2D eigenvalue weighted by Crippen LogP contribution is -2.34. The van der Waals surface area contributed by atoms with E-state index in [1.54, 1.807) is 6.07 Å². The van der Waals surface area contributed by atoms with Crippen molar-refractivity contribution >= 4 is 29.9 Å². The molecule has 58 valence electrons. The van der Waals surface area contributed by atoms with Crippen molar-refractivity contribution in [1.82, 2.24) is 5.32 Å². The molecule has 10 heavy (non-hydrogen) atoms. The van der Waals surface area contributed by atoms with Crippen LogP contribution in [0.4, 0.5) is 0 Å². The van der Waals surface area contributed by atoms with E-state index in [4.69, 9.17) is 22.6 Å². The summed E-state index contributed by atoms with van der Waals surface area (Å²) in [7, 11) is 0. The Morgan fingerprint density at radius 1 is 1.90 bits per heavy atom. The number of rotatable bonds is 2. The lowest BCUT2D eigenvalue weighted by atomic mass is 10.6. The quantitative estimate of drug-likeness (QED) is 0.451. The van der Waals surface area contributed by atoms with Gasteiger partial charge in [-0.05, 0) is 0 Å². The van der Waals surface area contributed by atoms with E-state index in [9.17, 15) is 4.79 Å². The first-order chi connectivity index (χ1) is 4.20. The minimum absolute atomic E-state index is 0. The van der Waals surface area contributed by atoms with Gasteiger partial charge >= 0.3 is 0 Å². The van der Waals surface area contributed by atoms with Crippen molar-refractivity contribution in [1.29, 1.82) is 5.26 Å².